The van der Waals surface area contributed by atoms with Gasteiger partial charge in [-0.25, -0.2) is 9.59 Å². The number of carboxylic acids is 2. The minimum atomic E-state index is -0.906. The third-order valence-electron chi connectivity index (χ3n) is 9.79. The van der Waals surface area contributed by atoms with Crippen molar-refractivity contribution in [1.82, 2.24) is 0 Å². The van der Waals surface area contributed by atoms with Crippen LogP contribution in [0, 0.1) is 11.3 Å². The molecule has 44 heavy (non-hydrogen) atoms. The van der Waals surface area contributed by atoms with Gasteiger partial charge in [0.2, 0.25) is 5.69 Å². The van der Waals surface area contributed by atoms with Crippen LogP contribution in [0.3, 0.4) is 0 Å². The van der Waals surface area contributed by atoms with Gasteiger partial charge >= 0.3 is 11.9 Å². The average Bonchev–Trinajstić information content (AvgIpc) is 3.25. The number of hydrogen-bond donors (Lipinski definition) is 2. The number of carbonyl (C=O) groups is 2. The molecule has 3 aliphatic rings. The van der Waals surface area contributed by atoms with Crippen molar-refractivity contribution in [3.8, 4) is 0 Å². The fraction of sp³-hybridized carbons (Fsp3) is 0.395. The summed E-state index contributed by atoms with van der Waals surface area (Å²) >= 11 is 0. The standard InChI is InChI=1S/C38H44N2O4/c1-36(2)22-24(11-9-13-32-37(3,4)28-20-26(34(41)42)15-17-30(28)39(32)7)19-25(23-36)12-10-14-33-38(5,6)29-21-27(35(43)44)16-18-31(29)40(33)8/h9-11,13-21,25H,12,22-23H2,1-8H3,(H-,41,42,43,44)/p+1/b11-9+,14-10+,32-13-. The Labute approximate surface area is 261 Å². The third-order valence-corrected chi connectivity index (χ3v) is 9.79. The number of anilines is 1. The summed E-state index contributed by atoms with van der Waals surface area (Å²) in [4.78, 5) is 25.3. The molecule has 2 heterocycles. The monoisotopic (exact) mass is 593 g/mol. The second-order valence-electron chi connectivity index (χ2n) is 14.4. The molecule has 0 aromatic heterocycles. The highest BCUT2D eigenvalue weighted by atomic mass is 16.4. The van der Waals surface area contributed by atoms with Crippen LogP contribution in [-0.2, 0) is 10.8 Å². The average molecular weight is 594 g/mol. The molecule has 6 heteroatoms. The lowest BCUT2D eigenvalue weighted by Crippen LogP contribution is -2.27. The highest BCUT2D eigenvalue weighted by Gasteiger charge is 2.43. The molecule has 1 unspecified atom stereocenters. The molecule has 0 saturated carbocycles. The van der Waals surface area contributed by atoms with Crippen molar-refractivity contribution in [2.45, 2.75) is 71.6 Å². The number of allylic oxidation sites excluding steroid dienone is 8. The first-order chi connectivity index (χ1) is 20.5. The zero-order valence-corrected chi connectivity index (χ0v) is 27.2. The second kappa shape index (κ2) is 11.1. The molecule has 0 bridgehead atoms. The highest BCUT2D eigenvalue weighted by Crippen LogP contribution is 2.47. The van der Waals surface area contributed by atoms with Crippen molar-refractivity contribution in [1.29, 1.82) is 0 Å². The Morgan fingerprint density at radius 3 is 2.23 bits per heavy atom. The van der Waals surface area contributed by atoms with Gasteiger partial charge in [-0.2, -0.15) is 4.58 Å². The van der Waals surface area contributed by atoms with Crippen LogP contribution in [0.25, 0.3) is 0 Å². The van der Waals surface area contributed by atoms with E-state index < -0.39 is 11.9 Å². The van der Waals surface area contributed by atoms with Gasteiger partial charge in [-0.05, 0) is 86.4 Å². The van der Waals surface area contributed by atoms with E-state index in [0.717, 1.165) is 47.5 Å². The van der Waals surface area contributed by atoms with Gasteiger partial charge in [0.05, 0.1) is 16.5 Å². The molecule has 0 spiro atoms. The van der Waals surface area contributed by atoms with E-state index in [1.54, 1.807) is 18.2 Å². The fourth-order valence-corrected chi connectivity index (χ4v) is 7.58. The lowest BCUT2D eigenvalue weighted by atomic mass is 9.72. The predicted octanol–water partition coefficient (Wildman–Crippen LogP) is 8.27. The summed E-state index contributed by atoms with van der Waals surface area (Å²) < 4.78 is 2.18. The number of carboxylic acid groups (broad SMARTS) is 2. The Hall–Kier alpha value is -4.19. The summed E-state index contributed by atoms with van der Waals surface area (Å²) in [5.74, 6) is -1.39. The molecular formula is C38H45N2O4+. The Kier molecular flexibility index (Phi) is 7.86. The quantitative estimate of drug-likeness (QED) is 0.316. The molecule has 0 fully saturated rings. The van der Waals surface area contributed by atoms with Gasteiger partial charge in [0.15, 0.2) is 5.71 Å². The van der Waals surface area contributed by atoms with Crippen LogP contribution in [0.5, 0.6) is 0 Å². The van der Waals surface area contributed by atoms with Crippen molar-refractivity contribution < 1.29 is 24.4 Å². The first-order valence-corrected chi connectivity index (χ1v) is 15.4. The van der Waals surface area contributed by atoms with Gasteiger partial charge in [-0.15, -0.1) is 0 Å². The maximum Gasteiger partial charge on any atom is 0.335 e. The molecular weight excluding hydrogens is 548 g/mol. The number of hydrogen-bond acceptors (Lipinski definition) is 3. The predicted molar refractivity (Wildman–Crippen MR) is 178 cm³/mol. The van der Waals surface area contributed by atoms with Gasteiger partial charge in [-0.3, -0.25) is 0 Å². The summed E-state index contributed by atoms with van der Waals surface area (Å²) in [6.45, 7) is 13.3. The first-order valence-electron chi connectivity index (χ1n) is 15.4. The maximum atomic E-state index is 11.6. The molecule has 230 valence electrons. The minimum absolute atomic E-state index is 0.187. The van der Waals surface area contributed by atoms with E-state index in [9.17, 15) is 19.8 Å². The maximum absolute atomic E-state index is 11.6. The Balaban J connectivity index is 1.33. The zero-order valence-electron chi connectivity index (χ0n) is 27.2. The molecule has 2 N–H and O–H groups in total. The molecule has 0 amide bonds. The number of aromatic carboxylic acids is 2. The summed E-state index contributed by atoms with van der Waals surface area (Å²) in [6.07, 6.45) is 16.5. The first kappa shape index (κ1) is 31.2. The zero-order chi connectivity index (χ0) is 32.2. The van der Waals surface area contributed by atoms with Crippen LogP contribution in [0.4, 0.5) is 11.4 Å². The van der Waals surface area contributed by atoms with Gasteiger partial charge in [-0.1, -0.05) is 57.6 Å². The minimum Gasteiger partial charge on any atom is -0.478 e. The van der Waals surface area contributed by atoms with Crippen molar-refractivity contribution >= 4 is 29.0 Å². The van der Waals surface area contributed by atoms with Crippen molar-refractivity contribution in [2.75, 3.05) is 19.0 Å². The summed E-state index contributed by atoms with van der Waals surface area (Å²) in [5, 5.41) is 19.0. The van der Waals surface area contributed by atoms with E-state index in [-0.39, 0.29) is 16.2 Å². The van der Waals surface area contributed by atoms with E-state index >= 15 is 0 Å². The van der Waals surface area contributed by atoms with E-state index in [4.69, 9.17) is 0 Å². The summed E-state index contributed by atoms with van der Waals surface area (Å²) in [7, 11) is 4.10. The van der Waals surface area contributed by atoms with Gasteiger partial charge in [0, 0.05) is 41.6 Å². The van der Waals surface area contributed by atoms with Crippen molar-refractivity contribution in [2.24, 2.45) is 11.3 Å². The molecule has 1 aliphatic carbocycles. The Morgan fingerprint density at radius 1 is 0.932 bits per heavy atom. The number of benzene rings is 2. The Bertz CT molecular complexity index is 1700. The van der Waals surface area contributed by atoms with Crippen LogP contribution >= 0.6 is 0 Å². The third kappa shape index (κ3) is 5.58. The molecule has 6 nitrogen and oxygen atoms in total. The molecule has 0 saturated heterocycles. The fourth-order valence-electron chi connectivity index (χ4n) is 7.58. The molecule has 2 aromatic rings. The Morgan fingerprint density at radius 2 is 1.57 bits per heavy atom. The van der Waals surface area contributed by atoms with Gasteiger partial charge in [0.1, 0.15) is 7.05 Å². The molecule has 1 atom stereocenters. The second-order valence-corrected chi connectivity index (χ2v) is 14.4. The van der Waals surface area contributed by atoms with Gasteiger partial charge < -0.3 is 15.1 Å². The highest BCUT2D eigenvalue weighted by molar-refractivity contribution is 6.03. The van der Waals surface area contributed by atoms with E-state index in [0.29, 0.717) is 17.0 Å². The summed E-state index contributed by atoms with van der Waals surface area (Å²) in [6, 6.07) is 10.8. The van der Waals surface area contributed by atoms with Crippen LogP contribution in [0.15, 0.2) is 84.1 Å². The molecule has 0 radical (unpaired) electrons. The van der Waals surface area contributed by atoms with Gasteiger partial charge in [0.25, 0.3) is 0 Å². The molecule has 2 aliphatic heterocycles. The largest absolute Gasteiger partial charge is 0.478 e. The number of rotatable bonds is 7. The van der Waals surface area contributed by atoms with Crippen molar-refractivity contribution in [3.05, 3.63) is 106 Å². The normalized spacial score (nSPS) is 22.5. The lowest BCUT2D eigenvalue weighted by molar-refractivity contribution is -0.401. The van der Waals surface area contributed by atoms with Crippen LogP contribution in [0.2, 0.25) is 0 Å². The number of fused-ring (bicyclic) bond motifs is 2. The van der Waals surface area contributed by atoms with E-state index in [1.165, 1.54) is 11.3 Å². The topological polar surface area (TPSA) is 80.8 Å². The van der Waals surface area contributed by atoms with E-state index in [1.807, 2.05) is 25.2 Å². The smallest absolute Gasteiger partial charge is 0.335 e. The molecule has 5 rings (SSSR count). The number of nitrogens with zero attached hydrogens (tertiary/aromatic N) is 2. The SMILES string of the molecule is CN1/C(=C\C=C\C2=CC(C/C=C/C3=[N+](C)c4ccc(C(=O)O)cc4C3(C)C)CC(C)(C)C2)C(C)(C)c2cc(C(=O)O)ccc21. The summed E-state index contributed by atoms with van der Waals surface area (Å²) in [5.41, 5.74) is 8.05. The van der Waals surface area contributed by atoms with Crippen LogP contribution in [-0.4, -0.2) is 46.5 Å². The number of likely N-dealkylation sites (N-methyl/N-ethyl adjacent to an activating group) is 1. The van der Waals surface area contributed by atoms with Crippen LogP contribution in [0.1, 0.15) is 92.6 Å². The lowest BCUT2D eigenvalue weighted by Gasteiger charge is -2.33. The van der Waals surface area contributed by atoms with Crippen LogP contribution < -0.4 is 4.90 Å². The van der Waals surface area contributed by atoms with E-state index in [2.05, 4.69) is 94.5 Å². The van der Waals surface area contributed by atoms with Crippen molar-refractivity contribution in [3.63, 3.8) is 0 Å². The molecule has 2 aromatic carbocycles.